The lowest BCUT2D eigenvalue weighted by molar-refractivity contribution is -0.117. The second-order valence-electron chi connectivity index (χ2n) is 5.41. The van der Waals surface area contributed by atoms with Gasteiger partial charge in [0.15, 0.2) is 0 Å². The van der Waals surface area contributed by atoms with E-state index in [0.717, 1.165) is 0 Å². The fraction of sp³-hybridized carbons (Fsp3) is 0.278. The van der Waals surface area contributed by atoms with Gasteiger partial charge in [0, 0.05) is 23.9 Å². The number of nitrogens with zero attached hydrogens (tertiary/aromatic N) is 1. The Bertz CT molecular complexity index is 706. The second-order valence-corrected chi connectivity index (χ2v) is 5.41. The van der Waals surface area contributed by atoms with Crippen molar-refractivity contribution in [2.24, 2.45) is 0 Å². The monoisotopic (exact) mass is 332 g/mol. The Morgan fingerprint density at radius 2 is 1.96 bits per heavy atom. The number of carbonyl (C=O) groups excluding carboxylic acids is 1. The van der Waals surface area contributed by atoms with Crippen LogP contribution < -0.4 is 14.8 Å². The van der Waals surface area contributed by atoms with Gasteiger partial charge in [-0.3, -0.25) is 9.69 Å². The van der Waals surface area contributed by atoms with E-state index in [4.69, 9.17) is 9.47 Å². The normalized spacial score (nSPS) is 10.5. The van der Waals surface area contributed by atoms with Gasteiger partial charge in [0.25, 0.3) is 0 Å². The maximum absolute atomic E-state index is 13.4. The van der Waals surface area contributed by atoms with E-state index in [-0.39, 0.29) is 18.3 Å². The van der Waals surface area contributed by atoms with E-state index in [0.29, 0.717) is 29.3 Å². The number of carbonyl (C=O) groups is 1. The fourth-order valence-electron chi connectivity index (χ4n) is 2.36. The van der Waals surface area contributed by atoms with Crippen LogP contribution in [-0.2, 0) is 11.3 Å². The number of anilines is 1. The third-order valence-electron chi connectivity index (χ3n) is 3.45. The number of hydrogen-bond acceptors (Lipinski definition) is 4. The number of methoxy groups -OCH3 is 2. The summed E-state index contributed by atoms with van der Waals surface area (Å²) in [5.41, 5.74) is 1.35. The molecular weight excluding hydrogens is 311 g/mol. The van der Waals surface area contributed by atoms with E-state index in [2.05, 4.69) is 5.32 Å². The number of ether oxygens (including phenoxy) is 2. The Morgan fingerprint density at radius 3 is 2.67 bits per heavy atom. The average Bonchev–Trinajstić information content (AvgIpc) is 2.55. The molecule has 0 aliphatic heterocycles. The zero-order chi connectivity index (χ0) is 17.5. The largest absolute Gasteiger partial charge is 0.497 e. The van der Waals surface area contributed by atoms with Crippen LogP contribution in [0.25, 0.3) is 0 Å². The number of hydrogen-bond donors (Lipinski definition) is 1. The molecule has 24 heavy (non-hydrogen) atoms. The van der Waals surface area contributed by atoms with Gasteiger partial charge in [0.2, 0.25) is 5.91 Å². The summed E-state index contributed by atoms with van der Waals surface area (Å²) >= 11 is 0. The number of amides is 1. The topological polar surface area (TPSA) is 50.8 Å². The summed E-state index contributed by atoms with van der Waals surface area (Å²) in [6.07, 6.45) is 0. The molecule has 1 amide bonds. The maximum atomic E-state index is 13.4. The molecule has 0 aromatic heterocycles. The lowest BCUT2D eigenvalue weighted by Gasteiger charge is -2.18. The molecule has 128 valence electrons. The van der Waals surface area contributed by atoms with Crippen molar-refractivity contribution < 1.29 is 18.7 Å². The summed E-state index contributed by atoms with van der Waals surface area (Å²) < 4.78 is 23.7. The van der Waals surface area contributed by atoms with Crippen molar-refractivity contribution >= 4 is 11.6 Å². The van der Waals surface area contributed by atoms with Crippen LogP contribution in [0.5, 0.6) is 11.5 Å². The SMILES string of the molecule is COc1cccc(NC(=O)CN(C)Cc2cc(F)ccc2OC)c1. The Hall–Kier alpha value is -2.60. The minimum absolute atomic E-state index is 0.164. The molecule has 2 aromatic rings. The van der Waals surface area contributed by atoms with Crippen molar-refractivity contribution in [1.82, 2.24) is 4.90 Å². The first-order valence-electron chi connectivity index (χ1n) is 7.46. The Kier molecular flexibility index (Phi) is 6.14. The zero-order valence-electron chi connectivity index (χ0n) is 14.0. The van der Waals surface area contributed by atoms with Gasteiger partial charge in [-0.2, -0.15) is 0 Å². The molecular formula is C18H21FN2O3. The van der Waals surface area contributed by atoms with Crippen LogP contribution in [0.2, 0.25) is 0 Å². The lowest BCUT2D eigenvalue weighted by Crippen LogP contribution is -2.30. The van der Waals surface area contributed by atoms with Crippen LogP contribution >= 0.6 is 0 Å². The van der Waals surface area contributed by atoms with Crippen LogP contribution in [0.3, 0.4) is 0 Å². The highest BCUT2D eigenvalue weighted by Crippen LogP contribution is 2.21. The van der Waals surface area contributed by atoms with E-state index >= 15 is 0 Å². The number of likely N-dealkylation sites (N-methyl/N-ethyl adjacent to an activating group) is 1. The molecule has 2 rings (SSSR count). The number of nitrogens with one attached hydrogen (secondary N) is 1. The zero-order valence-corrected chi connectivity index (χ0v) is 14.0. The van der Waals surface area contributed by atoms with Gasteiger partial charge in [0.1, 0.15) is 17.3 Å². The smallest absolute Gasteiger partial charge is 0.238 e. The minimum Gasteiger partial charge on any atom is -0.497 e. The lowest BCUT2D eigenvalue weighted by atomic mass is 10.2. The molecule has 6 heteroatoms. The van der Waals surface area contributed by atoms with Gasteiger partial charge in [-0.15, -0.1) is 0 Å². The molecule has 0 aliphatic rings. The molecule has 0 fully saturated rings. The highest BCUT2D eigenvalue weighted by atomic mass is 19.1. The Labute approximate surface area is 141 Å². The third-order valence-corrected chi connectivity index (χ3v) is 3.45. The molecule has 0 atom stereocenters. The summed E-state index contributed by atoms with van der Waals surface area (Å²) in [5, 5.41) is 2.81. The fourth-order valence-corrected chi connectivity index (χ4v) is 2.36. The first-order valence-corrected chi connectivity index (χ1v) is 7.46. The molecule has 0 saturated carbocycles. The molecule has 0 heterocycles. The number of halogens is 1. The molecule has 0 bridgehead atoms. The van der Waals surface area contributed by atoms with Gasteiger partial charge in [-0.05, 0) is 37.4 Å². The summed E-state index contributed by atoms with van der Waals surface area (Å²) in [5.74, 6) is 0.767. The molecule has 0 aliphatic carbocycles. The molecule has 0 radical (unpaired) electrons. The van der Waals surface area contributed by atoms with Crippen molar-refractivity contribution in [2.75, 3.05) is 33.1 Å². The average molecular weight is 332 g/mol. The number of rotatable bonds is 7. The molecule has 1 N–H and O–H groups in total. The highest BCUT2D eigenvalue weighted by molar-refractivity contribution is 5.92. The highest BCUT2D eigenvalue weighted by Gasteiger charge is 2.11. The Morgan fingerprint density at radius 1 is 1.17 bits per heavy atom. The predicted molar refractivity (Wildman–Crippen MR) is 90.9 cm³/mol. The quantitative estimate of drug-likeness (QED) is 0.847. The first-order chi connectivity index (χ1) is 11.5. The van der Waals surface area contributed by atoms with E-state index in [1.807, 2.05) is 0 Å². The van der Waals surface area contributed by atoms with E-state index < -0.39 is 0 Å². The van der Waals surface area contributed by atoms with Gasteiger partial charge in [-0.1, -0.05) is 6.07 Å². The predicted octanol–water partition coefficient (Wildman–Crippen LogP) is 2.91. The van der Waals surface area contributed by atoms with Crippen LogP contribution in [0, 0.1) is 5.82 Å². The van der Waals surface area contributed by atoms with Gasteiger partial charge >= 0.3 is 0 Å². The molecule has 0 saturated heterocycles. The molecule has 0 spiro atoms. The molecule has 5 nitrogen and oxygen atoms in total. The van der Waals surface area contributed by atoms with Crippen molar-refractivity contribution in [3.63, 3.8) is 0 Å². The molecule has 2 aromatic carbocycles. The number of benzene rings is 2. The van der Waals surface area contributed by atoms with Gasteiger partial charge in [0.05, 0.1) is 20.8 Å². The van der Waals surface area contributed by atoms with Gasteiger partial charge in [-0.25, -0.2) is 4.39 Å². The van der Waals surface area contributed by atoms with E-state index in [1.54, 1.807) is 49.4 Å². The van der Waals surface area contributed by atoms with E-state index in [9.17, 15) is 9.18 Å². The summed E-state index contributed by atoms with van der Waals surface area (Å²) in [6.45, 7) is 0.559. The standard InChI is InChI=1S/C18H21FN2O3/c1-21(11-13-9-14(19)7-8-17(13)24-3)12-18(22)20-15-5-4-6-16(10-15)23-2/h4-10H,11-12H2,1-3H3,(H,20,22). The van der Waals surface area contributed by atoms with Gasteiger partial charge < -0.3 is 14.8 Å². The second kappa shape index (κ2) is 8.31. The summed E-state index contributed by atoms with van der Waals surface area (Å²) in [7, 11) is 4.89. The summed E-state index contributed by atoms with van der Waals surface area (Å²) in [4.78, 5) is 13.9. The van der Waals surface area contributed by atoms with Crippen molar-refractivity contribution in [2.45, 2.75) is 6.54 Å². The van der Waals surface area contributed by atoms with Crippen molar-refractivity contribution in [3.8, 4) is 11.5 Å². The summed E-state index contributed by atoms with van der Waals surface area (Å²) in [6, 6.07) is 11.5. The third kappa shape index (κ3) is 4.96. The first kappa shape index (κ1) is 17.7. The van der Waals surface area contributed by atoms with E-state index in [1.165, 1.54) is 19.2 Å². The maximum Gasteiger partial charge on any atom is 0.238 e. The minimum atomic E-state index is -0.333. The van der Waals surface area contributed by atoms with Crippen LogP contribution in [0.4, 0.5) is 10.1 Å². The van der Waals surface area contributed by atoms with Crippen LogP contribution in [0.1, 0.15) is 5.56 Å². The van der Waals surface area contributed by atoms with Crippen molar-refractivity contribution in [1.29, 1.82) is 0 Å². The van der Waals surface area contributed by atoms with Crippen LogP contribution in [0.15, 0.2) is 42.5 Å². The van der Waals surface area contributed by atoms with Crippen LogP contribution in [-0.4, -0.2) is 38.6 Å². The molecule has 0 unspecified atom stereocenters. The Balaban J connectivity index is 1.95. The van der Waals surface area contributed by atoms with Crippen molar-refractivity contribution in [3.05, 3.63) is 53.8 Å².